The lowest BCUT2D eigenvalue weighted by Gasteiger charge is -2.19. The second-order valence-electron chi connectivity index (χ2n) is 4.23. The number of aryl methyl sites for hydroxylation is 1. The van der Waals surface area contributed by atoms with E-state index in [9.17, 15) is 13.2 Å². The van der Waals surface area contributed by atoms with Gasteiger partial charge in [-0.3, -0.25) is 10.1 Å². The number of hydrogen-bond acceptors (Lipinski definition) is 2. The van der Waals surface area contributed by atoms with Crippen LogP contribution in [0.2, 0.25) is 0 Å². The summed E-state index contributed by atoms with van der Waals surface area (Å²) >= 11 is 0. The number of nitrogens with two attached hydrogens (primary N) is 1. The van der Waals surface area contributed by atoms with Gasteiger partial charge in [0.05, 0.1) is 12.2 Å². The van der Waals surface area contributed by atoms with Crippen molar-refractivity contribution in [2.75, 3.05) is 0 Å². The Balaban J connectivity index is 3.06. The zero-order chi connectivity index (χ0) is 14.1. The molecule has 0 aliphatic rings. The summed E-state index contributed by atoms with van der Waals surface area (Å²) in [6, 6.07) is 0. The molecule has 0 aliphatic heterocycles. The summed E-state index contributed by atoms with van der Waals surface area (Å²) in [6.07, 6.45) is -3.81. The highest BCUT2D eigenvalue weighted by Crippen LogP contribution is 2.28. The monoisotopic (exact) mass is 262 g/mol. The van der Waals surface area contributed by atoms with Gasteiger partial charge in [-0.15, -0.1) is 0 Å². The fourth-order valence-corrected chi connectivity index (χ4v) is 1.97. The Bertz CT molecular complexity index is 448. The topological polar surface area (TPSA) is 67.7 Å². The van der Waals surface area contributed by atoms with Gasteiger partial charge in [0.1, 0.15) is 11.8 Å². The molecule has 0 spiro atoms. The highest BCUT2D eigenvalue weighted by molar-refractivity contribution is 5.80. The van der Waals surface area contributed by atoms with Gasteiger partial charge in [0.15, 0.2) is 0 Å². The maximum Gasteiger partial charge on any atom is 0.400 e. The van der Waals surface area contributed by atoms with E-state index in [2.05, 4.69) is 5.10 Å². The van der Waals surface area contributed by atoms with Gasteiger partial charge in [0.2, 0.25) is 0 Å². The van der Waals surface area contributed by atoms with Gasteiger partial charge in [-0.1, -0.05) is 6.92 Å². The number of rotatable bonds is 4. The minimum absolute atomic E-state index is 0.439. The summed E-state index contributed by atoms with van der Waals surface area (Å²) in [4.78, 5) is 0. The molecule has 0 bridgehead atoms. The van der Waals surface area contributed by atoms with Crippen molar-refractivity contribution in [3.63, 3.8) is 0 Å². The average Bonchev–Trinajstić information content (AvgIpc) is 2.48. The Hall–Kier alpha value is -1.53. The molecule has 1 heterocycles. The van der Waals surface area contributed by atoms with Crippen molar-refractivity contribution in [3.05, 3.63) is 17.0 Å². The van der Waals surface area contributed by atoms with E-state index in [1.807, 2.05) is 6.92 Å². The third kappa shape index (κ3) is 2.83. The number of amidine groups is 1. The number of halogens is 3. The standard InChI is InChI=1S/C11H17F3N4/c1-4-8-6(2)17-18(7(8)3)5-9(10(15)16)11(12,13)14/h9H,4-5H2,1-3H3,(H3,15,16). The van der Waals surface area contributed by atoms with E-state index < -0.39 is 24.5 Å². The third-order valence-electron chi connectivity index (χ3n) is 3.01. The van der Waals surface area contributed by atoms with E-state index in [0.717, 1.165) is 11.3 Å². The van der Waals surface area contributed by atoms with Crippen LogP contribution in [0.5, 0.6) is 0 Å². The highest BCUT2D eigenvalue weighted by atomic mass is 19.4. The molecular weight excluding hydrogens is 245 g/mol. The van der Waals surface area contributed by atoms with Crippen molar-refractivity contribution in [2.24, 2.45) is 11.7 Å². The van der Waals surface area contributed by atoms with Crippen molar-refractivity contribution < 1.29 is 13.2 Å². The van der Waals surface area contributed by atoms with Crippen LogP contribution >= 0.6 is 0 Å². The van der Waals surface area contributed by atoms with Crippen molar-refractivity contribution in [1.82, 2.24) is 9.78 Å². The summed E-state index contributed by atoms with van der Waals surface area (Å²) in [5.74, 6) is -2.87. The smallest absolute Gasteiger partial charge is 0.387 e. The van der Waals surface area contributed by atoms with Crippen LogP contribution in [0.25, 0.3) is 0 Å². The summed E-state index contributed by atoms with van der Waals surface area (Å²) < 4.78 is 39.4. The van der Waals surface area contributed by atoms with Crippen LogP contribution in [0.4, 0.5) is 13.2 Å². The van der Waals surface area contributed by atoms with Gasteiger partial charge in [-0.2, -0.15) is 18.3 Å². The van der Waals surface area contributed by atoms with E-state index in [-0.39, 0.29) is 0 Å². The molecule has 0 saturated carbocycles. The van der Waals surface area contributed by atoms with Crippen molar-refractivity contribution >= 4 is 5.84 Å². The Morgan fingerprint density at radius 2 is 2.00 bits per heavy atom. The third-order valence-corrected chi connectivity index (χ3v) is 3.01. The van der Waals surface area contributed by atoms with Crippen LogP contribution in [0, 0.1) is 25.2 Å². The second-order valence-corrected chi connectivity index (χ2v) is 4.23. The molecule has 0 aliphatic carbocycles. The van der Waals surface area contributed by atoms with Gasteiger partial charge in [-0.25, -0.2) is 0 Å². The molecule has 1 atom stereocenters. The fourth-order valence-electron chi connectivity index (χ4n) is 1.97. The van der Waals surface area contributed by atoms with Gasteiger partial charge >= 0.3 is 6.18 Å². The van der Waals surface area contributed by atoms with Crippen molar-refractivity contribution in [1.29, 1.82) is 5.41 Å². The van der Waals surface area contributed by atoms with E-state index in [0.29, 0.717) is 12.1 Å². The summed E-state index contributed by atoms with van der Waals surface area (Å²) in [5, 5.41) is 11.1. The molecule has 1 unspecified atom stereocenters. The number of hydrogen-bond donors (Lipinski definition) is 2. The lowest BCUT2D eigenvalue weighted by atomic mass is 10.1. The first-order valence-corrected chi connectivity index (χ1v) is 5.62. The molecule has 1 aromatic rings. The summed E-state index contributed by atoms with van der Waals surface area (Å²) in [5.41, 5.74) is 7.39. The molecule has 18 heavy (non-hydrogen) atoms. The van der Waals surface area contributed by atoms with Crippen molar-refractivity contribution in [3.8, 4) is 0 Å². The first-order valence-electron chi connectivity index (χ1n) is 5.62. The average molecular weight is 262 g/mol. The molecule has 0 aromatic carbocycles. The van der Waals surface area contributed by atoms with E-state index in [4.69, 9.17) is 11.1 Å². The van der Waals surface area contributed by atoms with Gasteiger partial charge in [0.25, 0.3) is 0 Å². The summed E-state index contributed by atoms with van der Waals surface area (Å²) in [7, 11) is 0. The summed E-state index contributed by atoms with van der Waals surface area (Å²) in [6.45, 7) is 4.98. The number of nitrogens with one attached hydrogen (secondary N) is 1. The Labute approximate surface area is 103 Å². The van der Waals surface area contributed by atoms with Gasteiger partial charge in [-0.05, 0) is 25.8 Å². The maximum absolute atomic E-state index is 12.7. The first kappa shape index (κ1) is 14.5. The molecule has 102 valence electrons. The van der Waals surface area contributed by atoms with Crippen LogP contribution in [0.15, 0.2) is 0 Å². The molecular formula is C11H17F3N4. The molecule has 0 saturated heterocycles. The molecule has 1 aromatic heterocycles. The van der Waals surface area contributed by atoms with Crippen LogP contribution < -0.4 is 5.73 Å². The number of aromatic nitrogens is 2. The van der Waals surface area contributed by atoms with E-state index in [1.54, 1.807) is 13.8 Å². The van der Waals surface area contributed by atoms with Gasteiger partial charge in [0, 0.05) is 5.69 Å². The molecule has 3 N–H and O–H groups in total. The highest BCUT2D eigenvalue weighted by Gasteiger charge is 2.42. The minimum atomic E-state index is -4.52. The largest absolute Gasteiger partial charge is 0.400 e. The quantitative estimate of drug-likeness (QED) is 0.645. The SMILES string of the molecule is CCc1c(C)nn(CC(C(=N)N)C(F)(F)F)c1C. The molecule has 0 radical (unpaired) electrons. The predicted molar refractivity (Wildman–Crippen MR) is 62.5 cm³/mol. The Morgan fingerprint density at radius 3 is 2.33 bits per heavy atom. The number of alkyl halides is 3. The zero-order valence-corrected chi connectivity index (χ0v) is 10.6. The lowest BCUT2D eigenvalue weighted by molar-refractivity contribution is -0.159. The Kier molecular flexibility index (Phi) is 4.03. The number of nitrogens with zero attached hydrogens (tertiary/aromatic N) is 2. The molecule has 1 rings (SSSR count). The predicted octanol–water partition coefficient (Wildman–Crippen LogP) is 2.18. The van der Waals surface area contributed by atoms with Crippen LogP contribution in [-0.2, 0) is 13.0 Å². The molecule has 4 nitrogen and oxygen atoms in total. The maximum atomic E-state index is 12.7. The normalized spacial score (nSPS) is 13.7. The van der Waals surface area contributed by atoms with Crippen LogP contribution in [0.1, 0.15) is 23.9 Å². The van der Waals surface area contributed by atoms with Crippen LogP contribution in [-0.4, -0.2) is 21.8 Å². The molecule has 0 fully saturated rings. The minimum Gasteiger partial charge on any atom is -0.387 e. The van der Waals surface area contributed by atoms with Crippen LogP contribution in [0.3, 0.4) is 0 Å². The Morgan fingerprint density at radius 1 is 1.44 bits per heavy atom. The zero-order valence-electron chi connectivity index (χ0n) is 10.6. The molecule has 0 amide bonds. The van der Waals surface area contributed by atoms with E-state index in [1.165, 1.54) is 4.68 Å². The second kappa shape index (κ2) is 4.99. The fraction of sp³-hybridized carbons (Fsp3) is 0.636. The van der Waals surface area contributed by atoms with E-state index >= 15 is 0 Å². The lowest BCUT2D eigenvalue weighted by Crippen LogP contribution is -2.38. The van der Waals surface area contributed by atoms with Crippen molar-refractivity contribution in [2.45, 2.75) is 39.9 Å². The van der Waals surface area contributed by atoms with Gasteiger partial charge < -0.3 is 5.73 Å². The molecule has 7 heteroatoms. The first-order chi connectivity index (χ1) is 8.18.